The summed E-state index contributed by atoms with van der Waals surface area (Å²) in [6.45, 7) is 1.54. The van der Waals surface area contributed by atoms with Gasteiger partial charge in [-0.3, -0.25) is 9.88 Å². The third kappa shape index (κ3) is 4.85. The highest BCUT2D eigenvalue weighted by molar-refractivity contribution is 5.99. The molecule has 0 unspecified atom stereocenters. The van der Waals surface area contributed by atoms with Gasteiger partial charge in [0.1, 0.15) is 0 Å². The first-order valence-electron chi connectivity index (χ1n) is 12.2. The van der Waals surface area contributed by atoms with E-state index in [1.54, 1.807) is 16.0 Å². The molecule has 3 aromatic rings. The second-order valence-electron chi connectivity index (χ2n) is 9.30. The molecule has 3 heterocycles. The van der Waals surface area contributed by atoms with Crippen molar-refractivity contribution in [1.29, 1.82) is 0 Å². The van der Waals surface area contributed by atoms with E-state index in [-0.39, 0.29) is 24.1 Å². The van der Waals surface area contributed by atoms with Crippen LogP contribution in [0.5, 0.6) is 0 Å². The third-order valence-electron chi connectivity index (χ3n) is 6.89. The number of likely N-dealkylation sites (tertiary alicyclic amines) is 1. The molecule has 0 N–H and O–H groups in total. The topological polar surface area (TPSA) is 60.0 Å². The number of urea groups is 2. The van der Waals surface area contributed by atoms with Crippen LogP contribution < -0.4 is 4.90 Å². The first-order chi connectivity index (χ1) is 17.1. The number of pyridine rings is 1. The van der Waals surface area contributed by atoms with E-state index >= 15 is 0 Å². The highest BCUT2D eigenvalue weighted by Crippen LogP contribution is 2.33. The number of benzene rings is 2. The summed E-state index contributed by atoms with van der Waals surface area (Å²) in [5.41, 5.74) is 2.54. The fourth-order valence-corrected chi connectivity index (χ4v) is 5.24. The molecule has 2 fully saturated rings. The first kappa shape index (κ1) is 22.9. The van der Waals surface area contributed by atoms with E-state index in [1.807, 2.05) is 95.7 Å². The number of piperidine rings is 1. The number of aromatic nitrogens is 1. The van der Waals surface area contributed by atoms with E-state index < -0.39 is 0 Å². The Morgan fingerprint density at radius 2 is 1.40 bits per heavy atom. The van der Waals surface area contributed by atoms with E-state index in [0.29, 0.717) is 19.6 Å². The molecule has 0 radical (unpaired) electrons. The zero-order chi connectivity index (χ0) is 24.2. The van der Waals surface area contributed by atoms with Crippen molar-refractivity contribution in [3.05, 3.63) is 90.8 Å². The van der Waals surface area contributed by atoms with Crippen LogP contribution in [0.1, 0.15) is 25.0 Å². The van der Waals surface area contributed by atoms with Crippen LogP contribution in [0, 0.1) is 0 Å². The second kappa shape index (κ2) is 10.2. The van der Waals surface area contributed by atoms with E-state index in [2.05, 4.69) is 4.98 Å². The Bertz CT molecular complexity index is 1090. The Morgan fingerprint density at radius 1 is 0.829 bits per heavy atom. The number of carbonyl (C=O) groups excluding carboxylic acids is 2. The monoisotopic (exact) mass is 469 g/mol. The van der Waals surface area contributed by atoms with Crippen LogP contribution in [0.3, 0.4) is 0 Å². The summed E-state index contributed by atoms with van der Waals surface area (Å²) in [4.78, 5) is 39.2. The number of amides is 4. The maximum Gasteiger partial charge on any atom is 0.329 e. The van der Waals surface area contributed by atoms with Gasteiger partial charge in [-0.05, 0) is 55.7 Å². The van der Waals surface area contributed by atoms with Crippen molar-refractivity contribution in [3.63, 3.8) is 0 Å². The lowest BCUT2D eigenvalue weighted by molar-refractivity contribution is 0.0236. The van der Waals surface area contributed by atoms with Gasteiger partial charge in [0.2, 0.25) is 0 Å². The standard InChI is InChI=1S/C28H31N5O2/c1-30(19-22-11-8-9-18-29-22)27(34)33-25-16-10-17-26(33)21-31(20-25)28(35)32(23-12-4-2-5-13-23)24-14-6-3-7-15-24/h2-9,11-15,18,25-26H,10,16-17,19-21H2,1H3/t25-,26+. The third-order valence-corrected chi connectivity index (χ3v) is 6.89. The minimum absolute atomic E-state index is 0.0125. The van der Waals surface area contributed by atoms with Crippen LogP contribution >= 0.6 is 0 Å². The SMILES string of the molecule is CN(Cc1ccccn1)C(=O)N1[C@@H]2CCC[C@H]1CN(C(=O)N(c1ccccc1)c1ccccc1)C2. The predicted octanol–water partition coefficient (Wildman–Crippen LogP) is 5.13. The van der Waals surface area contributed by atoms with Gasteiger partial charge >= 0.3 is 12.1 Å². The van der Waals surface area contributed by atoms with Gasteiger partial charge in [0.05, 0.1) is 35.7 Å². The molecule has 0 aliphatic carbocycles. The number of hydrogen-bond acceptors (Lipinski definition) is 3. The molecule has 1 aromatic heterocycles. The van der Waals surface area contributed by atoms with Crippen molar-refractivity contribution >= 4 is 23.4 Å². The summed E-state index contributed by atoms with van der Waals surface area (Å²) in [5, 5.41) is 0. The van der Waals surface area contributed by atoms with Crippen molar-refractivity contribution in [2.75, 3.05) is 25.0 Å². The van der Waals surface area contributed by atoms with Crippen molar-refractivity contribution in [3.8, 4) is 0 Å². The molecule has 0 spiro atoms. The minimum atomic E-state index is -0.0479. The summed E-state index contributed by atoms with van der Waals surface area (Å²) in [6.07, 6.45) is 4.63. The molecule has 2 aliphatic rings. The van der Waals surface area contributed by atoms with Gasteiger partial charge in [-0.1, -0.05) is 42.5 Å². The summed E-state index contributed by atoms with van der Waals surface area (Å²) < 4.78 is 0. The number of rotatable bonds is 4. The quantitative estimate of drug-likeness (QED) is 0.532. The van der Waals surface area contributed by atoms with Gasteiger partial charge in [0.25, 0.3) is 0 Å². The molecule has 7 heteroatoms. The Balaban J connectivity index is 1.35. The van der Waals surface area contributed by atoms with Gasteiger partial charge in [0, 0.05) is 26.3 Å². The molecule has 2 aliphatic heterocycles. The van der Waals surface area contributed by atoms with Crippen LogP contribution in [0.2, 0.25) is 0 Å². The lowest BCUT2D eigenvalue weighted by Crippen LogP contribution is -2.66. The second-order valence-corrected chi connectivity index (χ2v) is 9.30. The van der Waals surface area contributed by atoms with Crippen molar-refractivity contribution in [2.24, 2.45) is 0 Å². The lowest BCUT2D eigenvalue weighted by Gasteiger charge is -2.51. The minimum Gasteiger partial charge on any atom is -0.322 e. The van der Waals surface area contributed by atoms with E-state index in [4.69, 9.17) is 0 Å². The molecule has 2 saturated heterocycles. The Labute approximate surface area is 206 Å². The van der Waals surface area contributed by atoms with Crippen molar-refractivity contribution in [2.45, 2.75) is 37.9 Å². The van der Waals surface area contributed by atoms with E-state index in [9.17, 15) is 9.59 Å². The number of fused-ring (bicyclic) bond motifs is 2. The number of hydrogen-bond donors (Lipinski definition) is 0. The lowest BCUT2D eigenvalue weighted by atomic mass is 9.91. The van der Waals surface area contributed by atoms with Crippen LogP contribution in [0.4, 0.5) is 21.0 Å². The average Bonchev–Trinajstić information content (AvgIpc) is 2.89. The molecule has 180 valence electrons. The number of carbonyl (C=O) groups is 2. The highest BCUT2D eigenvalue weighted by atomic mass is 16.2. The Hall–Kier alpha value is -3.87. The van der Waals surface area contributed by atoms with E-state index in [1.165, 1.54) is 0 Å². The highest BCUT2D eigenvalue weighted by Gasteiger charge is 2.43. The molecule has 2 bridgehead atoms. The summed E-state index contributed by atoms with van der Waals surface area (Å²) in [7, 11) is 1.83. The van der Waals surface area contributed by atoms with Gasteiger partial charge in [-0.2, -0.15) is 0 Å². The van der Waals surface area contributed by atoms with Gasteiger partial charge < -0.3 is 14.7 Å². The summed E-state index contributed by atoms with van der Waals surface area (Å²) in [6, 6.07) is 25.2. The Kier molecular flexibility index (Phi) is 6.66. The average molecular weight is 470 g/mol. The summed E-state index contributed by atoms with van der Waals surface area (Å²) >= 11 is 0. The zero-order valence-electron chi connectivity index (χ0n) is 20.0. The van der Waals surface area contributed by atoms with Gasteiger partial charge in [-0.15, -0.1) is 0 Å². The molecular formula is C28H31N5O2. The molecule has 5 rings (SSSR count). The number of para-hydroxylation sites is 2. The van der Waals surface area contributed by atoms with Crippen molar-refractivity contribution in [1.82, 2.24) is 19.7 Å². The number of nitrogens with zero attached hydrogens (tertiary/aromatic N) is 5. The molecule has 2 aromatic carbocycles. The number of piperazine rings is 1. The van der Waals surface area contributed by atoms with Crippen LogP contribution in [0.25, 0.3) is 0 Å². The molecule has 7 nitrogen and oxygen atoms in total. The van der Waals surface area contributed by atoms with Gasteiger partial charge in [-0.25, -0.2) is 9.59 Å². The molecule has 35 heavy (non-hydrogen) atoms. The molecular weight excluding hydrogens is 438 g/mol. The first-order valence-corrected chi connectivity index (χ1v) is 12.2. The zero-order valence-corrected chi connectivity index (χ0v) is 20.0. The predicted molar refractivity (Wildman–Crippen MR) is 136 cm³/mol. The normalized spacial score (nSPS) is 19.2. The maximum atomic E-state index is 13.9. The molecule has 2 atom stereocenters. The van der Waals surface area contributed by atoms with Gasteiger partial charge in [0.15, 0.2) is 0 Å². The van der Waals surface area contributed by atoms with Crippen LogP contribution in [0.15, 0.2) is 85.1 Å². The Morgan fingerprint density at radius 3 is 1.94 bits per heavy atom. The number of anilines is 2. The van der Waals surface area contributed by atoms with Crippen LogP contribution in [-0.2, 0) is 6.54 Å². The maximum absolute atomic E-state index is 13.9. The smallest absolute Gasteiger partial charge is 0.322 e. The fourth-order valence-electron chi connectivity index (χ4n) is 5.24. The molecule has 0 saturated carbocycles. The fraction of sp³-hybridized carbons (Fsp3) is 0.321. The largest absolute Gasteiger partial charge is 0.329 e. The van der Waals surface area contributed by atoms with E-state index in [0.717, 1.165) is 36.3 Å². The van der Waals surface area contributed by atoms with Crippen molar-refractivity contribution < 1.29 is 9.59 Å². The summed E-state index contributed by atoms with van der Waals surface area (Å²) in [5.74, 6) is 0. The molecule has 4 amide bonds. The van der Waals surface area contributed by atoms with Crippen LogP contribution in [-0.4, -0.2) is 64.0 Å².